The molecule has 0 radical (unpaired) electrons. The van der Waals surface area contributed by atoms with Crippen molar-refractivity contribution in [3.05, 3.63) is 6.33 Å². The molecule has 1 aromatic heterocycles. The van der Waals surface area contributed by atoms with Crippen LogP contribution in [0.15, 0.2) is 6.33 Å². The largest absolute Gasteiger partial charge is 0.294 e. The van der Waals surface area contributed by atoms with Crippen molar-refractivity contribution in [1.29, 1.82) is 0 Å². The van der Waals surface area contributed by atoms with E-state index in [1.807, 2.05) is 6.26 Å². The van der Waals surface area contributed by atoms with Crippen LogP contribution in [0.3, 0.4) is 0 Å². The number of hydrogen-bond donors (Lipinski definition) is 2. The van der Waals surface area contributed by atoms with Gasteiger partial charge in [0.1, 0.15) is 6.33 Å². The van der Waals surface area contributed by atoms with E-state index in [2.05, 4.69) is 20.5 Å². The van der Waals surface area contributed by atoms with Gasteiger partial charge in [-0.25, -0.2) is 5.10 Å². The van der Waals surface area contributed by atoms with Crippen molar-refractivity contribution in [2.24, 2.45) is 0 Å². The lowest BCUT2D eigenvalue weighted by Crippen LogP contribution is -2.14. The summed E-state index contributed by atoms with van der Waals surface area (Å²) >= 11 is 1.46. The predicted octanol–water partition coefficient (Wildman–Crippen LogP) is 0.106. The average Bonchev–Trinajstić information content (AvgIpc) is 2.40. The van der Waals surface area contributed by atoms with Crippen LogP contribution in [0.1, 0.15) is 0 Å². The first-order valence-corrected chi connectivity index (χ1v) is 4.36. The molecule has 0 aliphatic heterocycles. The maximum atomic E-state index is 10.9. The van der Waals surface area contributed by atoms with E-state index in [0.717, 1.165) is 0 Å². The van der Waals surface area contributed by atoms with Crippen molar-refractivity contribution in [2.45, 2.75) is 0 Å². The summed E-state index contributed by atoms with van der Waals surface area (Å²) in [4.78, 5) is 14.6. The Labute approximate surface area is 68.0 Å². The number of anilines is 1. The number of hydrogen-bond acceptors (Lipinski definition) is 4. The number of nitrogens with zero attached hydrogens (tertiary/aromatic N) is 2. The summed E-state index contributed by atoms with van der Waals surface area (Å²) in [6.45, 7) is 0. The molecular formula is C5H8N4OS. The Morgan fingerprint density at radius 2 is 2.73 bits per heavy atom. The van der Waals surface area contributed by atoms with Crippen LogP contribution in [0.2, 0.25) is 0 Å². The van der Waals surface area contributed by atoms with Crippen LogP contribution in [-0.4, -0.2) is 33.1 Å². The maximum Gasteiger partial charge on any atom is 0.236 e. The maximum absolute atomic E-state index is 10.9. The second-order valence-corrected chi connectivity index (χ2v) is 2.68. The molecule has 0 fully saturated rings. The first-order valence-electron chi connectivity index (χ1n) is 2.97. The minimum absolute atomic E-state index is 0.0748. The van der Waals surface area contributed by atoms with Crippen LogP contribution in [0.4, 0.5) is 5.95 Å². The average molecular weight is 172 g/mol. The van der Waals surface area contributed by atoms with Crippen molar-refractivity contribution in [1.82, 2.24) is 15.2 Å². The number of H-pyrrole nitrogens is 1. The standard InChI is InChI=1S/C5H8N4OS/c1-11-2-4(10)8-5-6-3-7-9-5/h3H,2H2,1H3,(H2,6,7,8,9,10). The molecule has 1 aromatic rings. The van der Waals surface area contributed by atoms with Gasteiger partial charge in [-0.1, -0.05) is 0 Å². The lowest BCUT2D eigenvalue weighted by molar-refractivity contribution is -0.113. The highest BCUT2D eigenvalue weighted by molar-refractivity contribution is 7.99. The van der Waals surface area contributed by atoms with Gasteiger partial charge in [0.2, 0.25) is 11.9 Å². The minimum atomic E-state index is -0.0748. The van der Waals surface area contributed by atoms with Crippen molar-refractivity contribution >= 4 is 23.6 Å². The number of carbonyl (C=O) groups is 1. The van der Waals surface area contributed by atoms with E-state index in [-0.39, 0.29) is 5.91 Å². The highest BCUT2D eigenvalue weighted by Crippen LogP contribution is 1.96. The number of carbonyl (C=O) groups excluding carboxylic acids is 1. The van der Waals surface area contributed by atoms with Crippen LogP contribution in [0.5, 0.6) is 0 Å². The molecule has 0 bridgehead atoms. The number of rotatable bonds is 3. The van der Waals surface area contributed by atoms with Gasteiger partial charge in [-0.05, 0) is 6.26 Å². The Bertz CT molecular complexity index is 222. The summed E-state index contributed by atoms with van der Waals surface area (Å²) < 4.78 is 0. The van der Waals surface area contributed by atoms with Crippen LogP contribution in [0.25, 0.3) is 0 Å². The van der Waals surface area contributed by atoms with Crippen LogP contribution in [-0.2, 0) is 4.79 Å². The number of aromatic nitrogens is 3. The van der Waals surface area contributed by atoms with E-state index in [4.69, 9.17) is 0 Å². The molecule has 1 amide bonds. The smallest absolute Gasteiger partial charge is 0.236 e. The summed E-state index contributed by atoms with van der Waals surface area (Å²) in [5.41, 5.74) is 0. The lowest BCUT2D eigenvalue weighted by atomic mass is 10.7. The summed E-state index contributed by atoms with van der Waals surface area (Å²) in [7, 11) is 0. The van der Waals surface area contributed by atoms with E-state index >= 15 is 0 Å². The molecule has 1 heterocycles. The molecule has 0 spiro atoms. The monoisotopic (exact) mass is 172 g/mol. The third-order valence-electron chi connectivity index (χ3n) is 0.948. The number of aromatic amines is 1. The number of nitrogens with one attached hydrogen (secondary N) is 2. The van der Waals surface area contributed by atoms with Crippen molar-refractivity contribution in [3.63, 3.8) is 0 Å². The highest BCUT2D eigenvalue weighted by atomic mass is 32.2. The van der Waals surface area contributed by atoms with Gasteiger partial charge in [0.15, 0.2) is 0 Å². The van der Waals surface area contributed by atoms with Crippen LogP contribution >= 0.6 is 11.8 Å². The molecule has 60 valence electrons. The van der Waals surface area contributed by atoms with Crippen molar-refractivity contribution in [3.8, 4) is 0 Å². The zero-order chi connectivity index (χ0) is 8.10. The molecule has 5 nitrogen and oxygen atoms in total. The molecule has 6 heteroatoms. The van der Waals surface area contributed by atoms with Gasteiger partial charge >= 0.3 is 0 Å². The van der Waals surface area contributed by atoms with E-state index in [1.165, 1.54) is 18.1 Å². The van der Waals surface area contributed by atoms with E-state index in [1.54, 1.807) is 0 Å². The second kappa shape index (κ2) is 3.97. The van der Waals surface area contributed by atoms with E-state index in [9.17, 15) is 4.79 Å². The van der Waals surface area contributed by atoms with Gasteiger partial charge in [-0.15, -0.1) is 0 Å². The fraction of sp³-hybridized carbons (Fsp3) is 0.400. The summed E-state index contributed by atoms with van der Waals surface area (Å²) in [6.07, 6.45) is 3.20. The first-order chi connectivity index (χ1) is 5.33. The van der Waals surface area contributed by atoms with Gasteiger partial charge in [0.05, 0.1) is 5.75 Å². The number of amides is 1. The third-order valence-corrected chi connectivity index (χ3v) is 1.50. The third kappa shape index (κ3) is 2.58. The summed E-state index contributed by atoms with van der Waals surface area (Å²) in [5, 5.41) is 8.64. The molecule has 0 saturated heterocycles. The van der Waals surface area contributed by atoms with Crippen LogP contribution < -0.4 is 5.32 Å². The molecular weight excluding hydrogens is 164 g/mol. The summed E-state index contributed by atoms with van der Waals surface area (Å²) in [6, 6.07) is 0. The molecule has 0 atom stereocenters. The molecule has 0 aromatic carbocycles. The molecule has 0 saturated carbocycles. The molecule has 0 unspecified atom stereocenters. The van der Waals surface area contributed by atoms with Gasteiger partial charge in [0, 0.05) is 0 Å². The number of thioether (sulfide) groups is 1. The SMILES string of the molecule is CSCC(=O)Nc1ncn[nH]1. The molecule has 1 rings (SSSR count). The normalized spacial score (nSPS) is 9.55. The zero-order valence-corrected chi connectivity index (χ0v) is 6.81. The zero-order valence-electron chi connectivity index (χ0n) is 6.00. The Hall–Kier alpha value is -1.04. The minimum Gasteiger partial charge on any atom is -0.294 e. The van der Waals surface area contributed by atoms with E-state index < -0.39 is 0 Å². The van der Waals surface area contributed by atoms with Gasteiger partial charge in [-0.3, -0.25) is 10.1 Å². The molecule has 2 N–H and O–H groups in total. The topological polar surface area (TPSA) is 70.7 Å². The quantitative estimate of drug-likeness (QED) is 0.678. The van der Waals surface area contributed by atoms with Gasteiger partial charge < -0.3 is 0 Å². The van der Waals surface area contributed by atoms with Crippen molar-refractivity contribution in [2.75, 3.05) is 17.3 Å². The van der Waals surface area contributed by atoms with Crippen molar-refractivity contribution < 1.29 is 4.79 Å². The second-order valence-electron chi connectivity index (χ2n) is 1.82. The fourth-order valence-electron chi connectivity index (χ4n) is 0.565. The predicted molar refractivity (Wildman–Crippen MR) is 43.4 cm³/mol. The lowest BCUT2D eigenvalue weighted by Gasteiger charge is -1.96. The Morgan fingerprint density at radius 3 is 3.27 bits per heavy atom. The van der Waals surface area contributed by atoms with Crippen LogP contribution in [0, 0.1) is 0 Å². The first kappa shape index (κ1) is 8.06. The van der Waals surface area contributed by atoms with E-state index in [0.29, 0.717) is 11.7 Å². The molecule has 11 heavy (non-hydrogen) atoms. The highest BCUT2D eigenvalue weighted by Gasteiger charge is 2.01. The Balaban J connectivity index is 2.37. The fourth-order valence-corrected chi connectivity index (χ4v) is 0.899. The van der Waals surface area contributed by atoms with Gasteiger partial charge in [0.25, 0.3) is 0 Å². The molecule has 0 aliphatic rings. The Morgan fingerprint density at radius 1 is 1.91 bits per heavy atom. The summed E-state index contributed by atoms with van der Waals surface area (Å²) in [5.74, 6) is 0.749. The Kier molecular flexibility index (Phi) is 2.91. The molecule has 0 aliphatic carbocycles. The van der Waals surface area contributed by atoms with Gasteiger partial charge in [-0.2, -0.15) is 21.8 Å².